The second kappa shape index (κ2) is 3.46. The molecule has 0 nitrogen and oxygen atoms in total. The minimum absolute atomic E-state index is 1.32. The Labute approximate surface area is 71.6 Å². The van der Waals surface area contributed by atoms with Crippen molar-refractivity contribution in [3.05, 3.63) is 29.8 Å². The van der Waals surface area contributed by atoms with E-state index < -0.39 is 0 Å². The van der Waals surface area contributed by atoms with Crippen molar-refractivity contribution in [2.75, 3.05) is 0 Å². The molecule has 0 atom stereocenters. The van der Waals surface area contributed by atoms with Crippen LogP contribution in [0.2, 0.25) is 0 Å². The molecule has 0 N–H and O–H groups in total. The fourth-order valence-electron chi connectivity index (χ4n) is 0.590. The number of benzene rings is 1. The summed E-state index contributed by atoms with van der Waals surface area (Å²) in [4.78, 5) is 1.32. The zero-order chi connectivity index (χ0) is 6.69. The van der Waals surface area contributed by atoms with Crippen LogP contribution in [0.3, 0.4) is 0 Å². The minimum Gasteiger partial charge on any atom is -0.0582 e. The van der Waals surface area contributed by atoms with Crippen molar-refractivity contribution < 1.29 is 0 Å². The first-order chi connectivity index (χ1) is 4.33. The first-order valence-electron chi connectivity index (χ1n) is 2.68. The highest BCUT2D eigenvalue weighted by molar-refractivity contribution is 14.2. The molecule has 0 saturated heterocycles. The third-order valence-corrected chi connectivity index (χ3v) is 3.09. The van der Waals surface area contributed by atoms with Crippen LogP contribution >= 0.6 is 30.1 Å². The predicted molar refractivity (Wildman–Crippen MR) is 51.1 cm³/mol. The molecule has 9 heavy (non-hydrogen) atoms. The number of rotatable bonds is 1. The summed E-state index contributed by atoms with van der Waals surface area (Å²) in [6, 6.07) is 8.51. The Morgan fingerprint density at radius 3 is 2.22 bits per heavy atom. The van der Waals surface area contributed by atoms with E-state index in [1.807, 2.05) is 0 Å². The number of hydrogen-bond donors (Lipinski definition) is 0. The molecule has 0 aromatic heterocycles. The third-order valence-electron chi connectivity index (χ3n) is 1.11. The first-order valence-corrected chi connectivity index (χ1v) is 6.04. The normalized spacial score (nSPS) is 9.56. The second-order valence-corrected chi connectivity index (χ2v) is 3.84. The lowest BCUT2D eigenvalue weighted by molar-refractivity contribution is 1.39. The molecule has 0 radical (unpaired) electrons. The van der Waals surface area contributed by atoms with E-state index in [0.717, 1.165) is 0 Å². The van der Waals surface area contributed by atoms with Gasteiger partial charge in [-0.2, -0.15) is 0 Å². The van der Waals surface area contributed by atoms with Crippen LogP contribution in [0, 0.1) is 6.92 Å². The van der Waals surface area contributed by atoms with Crippen molar-refractivity contribution >= 4 is 30.1 Å². The Bertz CT molecular complexity index is 181. The number of halogens is 1. The smallest absolute Gasteiger partial charge is 0.0178 e. The molecule has 0 unspecified atom stereocenters. The summed E-state index contributed by atoms with van der Waals surface area (Å²) in [7, 11) is 1.75. The molecule has 0 aliphatic heterocycles. The summed E-state index contributed by atoms with van der Waals surface area (Å²) >= 11 is 2.28. The van der Waals surface area contributed by atoms with Gasteiger partial charge in [-0.3, -0.25) is 0 Å². The van der Waals surface area contributed by atoms with Crippen LogP contribution in [0.4, 0.5) is 0 Å². The second-order valence-electron chi connectivity index (χ2n) is 1.89. The summed E-state index contributed by atoms with van der Waals surface area (Å²) < 4.78 is 0. The van der Waals surface area contributed by atoms with Gasteiger partial charge in [0.1, 0.15) is 0 Å². The van der Waals surface area contributed by atoms with Gasteiger partial charge in [0.2, 0.25) is 0 Å². The van der Waals surface area contributed by atoms with Gasteiger partial charge >= 0.3 is 0 Å². The standard InChI is InChI=1S/C7H7IS/c1-6-2-4-7(9-8)5-3-6/h2-5H,1H3. The van der Waals surface area contributed by atoms with Crippen molar-refractivity contribution in [1.82, 2.24) is 0 Å². The van der Waals surface area contributed by atoms with Crippen molar-refractivity contribution in [3.8, 4) is 0 Å². The molecule has 2 heteroatoms. The molecule has 0 bridgehead atoms. The lowest BCUT2D eigenvalue weighted by Gasteiger charge is -1.92. The van der Waals surface area contributed by atoms with Crippen LogP contribution in [0.25, 0.3) is 0 Å². The van der Waals surface area contributed by atoms with Gasteiger partial charge in [-0.25, -0.2) is 0 Å². The largest absolute Gasteiger partial charge is 0.0582 e. The maximum absolute atomic E-state index is 2.28. The maximum Gasteiger partial charge on any atom is 0.0178 e. The molecule has 0 fully saturated rings. The van der Waals surface area contributed by atoms with Crippen LogP contribution in [0.5, 0.6) is 0 Å². The van der Waals surface area contributed by atoms with Gasteiger partial charge in [0, 0.05) is 26.1 Å². The van der Waals surface area contributed by atoms with Crippen molar-refractivity contribution in [2.45, 2.75) is 11.8 Å². The van der Waals surface area contributed by atoms with Crippen LogP contribution in [0.15, 0.2) is 29.2 Å². The summed E-state index contributed by atoms with van der Waals surface area (Å²) in [5.41, 5.74) is 1.32. The molecule has 0 heterocycles. The van der Waals surface area contributed by atoms with Crippen LogP contribution in [-0.2, 0) is 0 Å². The molecule has 1 aromatic carbocycles. The highest BCUT2D eigenvalue weighted by Gasteiger charge is 1.86. The van der Waals surface area contributed by atoms with Crippen molar-refractivity contribution in [2.24, 2.45) is 0 Å². The van der Waals surface area contributed by atoms with Crippen molar-refractivity contribution in [1.29, 1.82) is 0 Å². The van der Waals surface area contributed by atoms with Crippen LogP contribution in [0.1, 0.15) is 5.56 Å². The zero-order valence-corrected chi connectivity index (χ0v) is 8.07. The van der Waals surface area contributed by atoms with Gasteiger partial charge in [-0.15, -0.1) is 0 Å². The minimum atomic E-state index is 1.32. The van der Waals surface area contributed by atoms with Gasteiger partial charge in [-0.1, -0.05) is 26.6 Å². The van der Waals surface area contributed by atoms with E-state index >= 15 is 0 Å². The van der Waals surface area contributed by atoms with Crippen LogP contribution < -0.4 is 0 Å². The quantitative estimate of drug-likeness (QED) is 0.688. The van der Waals surface area contributed by atoms with E-state index in [4.69, 9.17) is 0 Å². The molecular formula is C7H7IS. The van der Waals surface area contributed by atoms with Crippen LogP contribution in [-0.4, -0.2) is 0 Å². The Balaban J connectivity index is 2.88. The van der Waals surface area contributed by atoms with Gasteiger partial charge < -0.3 is 0 Å². The number of hydrogen-bond acceptors (Lipinski definition) is 1. The fraction of sp³-hybridized carbons (Fsp3) is 0.143. The van der Waals surface area contributed by atoms with E-state index in [1.54, 1.807) is 8.93 Å². The predicted octanol–water partition coefficient (Wildman–Crippen LogP) is 3.44. The summed E-state index contributed by atoms with van der Waals surface area (Å²) in [6.45, 7) is 2.10. The molecular weight excluding hydrogens is 243 g/mol. The molecule has 0 aliphatic carbocycles. The molecule has 1 rings (SSSR count). The summed E-state index contributed by atoms with van der Waals surface area (Å²) in [6.07, 6.45) is 0. The molecule has 0 aliphatic rings. The molecule has 1 aromatic rings. The Hall–Kier alpha value is 0.300. The van der Waals surface area contributed by atoms with E-state index in [9.17, 15) is 0 Å². The summed E-state index contributed by atoms with van der Waals surface area (Å²) in [5.74, 6) is 0. The summed E-state index contributed by atoms with van der Waals surface area (Å²) in [5, 5.41) is 0. The van der Waals surface area contributed by atoms with Crippen molar-refractivity contribution in [3.63, 3.8) is 0 Å². The van der Waals surface area contributed by atoms with E-state index in [2.05, 4.69) is 52.4 Å². The highest BCUT2D eigenvalue weighted by atomic mass is 127. The molecule has 0 saturated carbocycles. The maximum atomic E-state index is 2.28. The SMILES string of the molecule is Cc1ccc(SI)cc1. The Morgan fingerprint density at radius 1 is 1.22 bits per heavy atom. The lowest BCUT2D eigenvalue weighted by Crippen LogP contribution is -1.68. The molecule has 0 amide bonds. The fourth-order valence-corrected chi connectivity index (χ4v) is 1.71. The van der Waals surface area contributed by atoms with Gasteiger partial charge in [-0.05, 0) is 19.1 Å². The van der Waals surface area contributed by atoms with E-state index in [1.165, 1.54) is 10.5 Å². The van der Waals surface area contributed by atoms with Gasteiger partial charge in [0.05, 0.1) is 0 Å². The Morgan fingerprint density at radius 2 is 1.78 bits per heavy atom. The van der Waals surface area contributed by atoms with E-state index in [0.29, 0.717) is 0 Å². The zero-order valence-electron chi connectivity index (χ0n) is 5.10. The monoisotopic (exact) mass is 250 g/mol. The average molecular weight is 250 g/mol. The molecule has 48 valence electrons. The third kappa shape index (κ3) is 2.18. The van der Waals surface area contributed by atoms with E-state index in [-0.39, 0.29) is 0 Å². The topological polar surface area (TPSA) is 0 Å². The molecule has 0 spiro atoms. The first kappa shape index (κ1) is 7.41. The Kier molecular flexibility index (Phi) is 2.85. The average Bonchev–Trinajstić information content (AvgIpc) is 1.90. The van der Waals surface area contributed by atoms with Gasteiger partial charge in [0.15, 0.2) is 0 Å². The number of aryl methyl sites for hydroxylation is 1. The van der Waals surface area contributed by atoms with Gasteiger partial charge in [0.25, 0.3) is 0 Å². The lowest BCUT2D eigenvalue weighted by atomic mass is 10.2. The highest BCUT2D eigenvalue weighted by Crippen LogP contribution is 2.24.